The third kappa shape index (κ3) is 3.21. The Morgan fingerprint density at radius 3 is 2.26 bits per heavy atom. The number of nitrogens with zero attached hydrogens (tertiary/aromatic N) is 3. The SMILES string of the molecule is COc1ccc(-c2cc3ncn(CCN4C(=O)c5ccccc5C4=O)c(=O)c3s2)cc1. The number of hydrogen-bond donors (Lipinski definition) is 0. The number of amides is 2. The van der Waals surface area contributed by atoms with E-state index in [0.29, 0.717) is 21.3 Å². The molecular formula is C23H17N3O4S. The molecule has 0 N–H and O–H groups in total. The Labute approximate surface area is 181 Å². The van der Waals surface area contributed by atoms with Gasteiger partial charge in [-0.15, -0.1) is 11.3 Å². The van der Waals surface area contributed by atoms with Gasteiger partial charge in [0.1, 0.15) is 10.4 Å². The lowest BCUT2D eigenvalue weighted by molar-refractivity contribution is 0.0648. The summed E-state index contributed by atoms with van der Waals surface area (Å²) in [6, 6.07) is 16.2. The molecule has 2 aromatic heterocycles. The molecule has 1 aliphatic heterocycles. The zero-order valence-electron chi connectivity index (χ0n) is 16.6. The van der Waals surface area contributed by atoms with Gasteiger partial charge >= 0.3 is 0 Å². The van der Waals surface area contributed by atoms with Crippen molar-refractivity contribution in [2.45, 2.75) is 6.54 Å². The molecule has 0 saturated heterocycles. The predicted octanol–water partition coefficient (Wildman–Crippen LogP) is 3.43. The number of ether oxygens (including phenoxy) is 1. The van der Waals surface area contributed by atoms with Crippen molar-refractivity contribution in [2.24, 2.45) is 0 Å². The lowest BCUT2D eigenvalue weighted by Gasteiger charge is -2.14. The van der Waals surface area contributed by atoms with Crippen molar-refractivity contribution in [1.82, 2.24) is 14.5 Å². The Bertz CT molecular complexity index is 1350. The molecule has 3 heterocycles. The predicted molar refractivity (Wildman–Crippen MR) is 118 cm³/mol. The Balaban J connectivity index is 1.40. The number of benzene rings is 2. The van der Waals surface area contributed by atoms with Gasteiger partial charge in [-0.25, -0.2) is 4.98 Å². The Morgan fingerprint density at radius 1 is 0.935 bits per heavy atom. The van der Waals surface area contributed by atoms with E-state index in [-0.39, 0.29) is 30.5 Å². The van der Waals surface area contributed by atoms with E-state index in [4.69, 9.17) is 4.74 Å². The molecule has 1 aliphatic rings. The lowest BCUT2D eigenvalue weighted by atomic mass is 10.1. The molecule has 0 bridgehead atoms. The van der Waals surface area contributed by atoms with E-state index >= 15 is 0 Å². The van der Waals surface area contributed by atoms with Crippen LogP contribution in [0.5, 0.6) is 5.75 Å². The minimum Gasteiger partial charge on any atom is -0.497 e. The number of carbonyl (C=O) groups is 2. The van der Waals surface area contributed by atoms with Crippen LogP contribution >= 0.6 is 11.3 Å². The first-order chi connectivity index (χ1) is 15.1. The summed E-state index contributed by atoms with van der Waals surface area (Å²) >= 11 is 1.37. The molecule has 0 fully saturated rings. The van der Waals surface area contributed by atoms with Gasteiger partial charge in [0.2, 0.25) is 0 Å². The number of rotatable bonds is 5. The summed E-state index contributed by atoms with van der Waals surface area (Å²) in [5.74, 6) is 0.0969. The van der Waals surface area contributed by atoms with Crippen LogP contribution < -0.4 is 10.3 Å². The van der Waals surface area contributed by atoms with Gasteiger partial charge in [-0.3, -0.25) is 23.9 Å². The van der Waals surface area contributed by atoms with Crippen molar-refractivity contribution in [3.63, 3.8) is 0 Å². The average Bonchev–Trinajstić information content (AvgIpc) is 3.34. The second-order valence-electron chi connectivity index (χ2n) is 7.10. The van der Waals surface area contributed by atoms with Gasteiger partial charge in [-0.05, 0) is 48.0 Å². The van der Waals surface area contributed by atoms with Crippen LogP contribution in [0.1, 0.15) is 20.7 Å². The van der Waals surface area contributed by atoms with Crippen LogP contribution in [-0.2, 0) is 6.54 Å². The first kappa shape index (κ1) is 19.2. The van der Waals surface area contributed by atoms with E-state index in [1.807, 2.05) is 30.3 Å². The van der Waals surface area contributed by atoms with E-state index in [9.17, 15) is 14.4 Å². The Morgan fingerprint density at radius 2 is 1.61 bits per heavy atom. The molecule has 2 amide bonds. The van der Waals surface area contributed by atoms with Gasteiger partial charge in [-0.2, -0.15) is 0 Å². The first-order valence-electron chi connectivity index (χ1n) is 9.65. The highest BCUT2D eigenvalue weighted by molar-refractivity contribution is 7.22. The van der Waals surface area contributed by atoms with Crippen LogP contribution in [0.3, 0.4) is 0 Å². The molecule has 0 spiro atoms. The number of aromatic nitrogens is 2. The molecule has 0 radical (unpaired) electrons. The number of hydrogen-bond acceptors (Lipinski definition) is 6. The highest BCUT2D eigenvalue weighted by atomic mass is 32.1. The molecular weight excluding hydrogens is 414 g/mol. The van der Waals surface area contributed by atoms with Crippen molar-refractivity contribution in [3.8, 4) is 16.2 Å². The summed E-state index contributed by atoms with van der Waals surface area (Å²) in [4.78, 5) is 44.6. The molecule has 31 heavy (non-hydrogen) atoms. The summed E-state index contributed by atoms with van der Waals surface area (Å²) in [6.07, 6.45) is 1.47. The topological polar surface area (TPSA) is 81.5 Å². The van der Waals surface area contributed by atoms with Crippen LogP contribution in [0.25, 0.3) is 20.7 Å². The van der Waals surface area contributed by atoms with Crippen LogP contribution in [-0.4, -0.2) is 39.9 Å². The fraction of sp³-hybridized carbons (Fsp3) is 0.130. The van der Waals surface area contributed by atoms with Crippen molar-refractivity contribution in [1.29, 1.82) is 0 Å². The molecule has 0 unspecified atom stereocenters. The van der Waals surface area contributed by atoms with Crippen molar-refractivity contribution in [2.75, 3.05) is 13.7 Å². The van der Waals surface area contributed by atoms with E-state index < -0.39 is 0 Å². The lowest BCUT2D eigenvalue weighted by Crippen LogP contribution is -2.35. The van der Waals surface area contributed by atoms with Gasteiger partial charge in [0.25, 0.3) is 17.4 Å². The van der Waals surface area contributed by atoms with Crippen molar-refractivity contribution < 1.29 is 14.3 Å². The van der Waals surface area contributed by atoms with Gasteiger partial charge in [0.05, 0.1) is 30.1 Å². The number of imide groups is 1. The molecule has 7 nitrogen and oxygen atoms in total. The third-order valence-corrected chi connectivity index (χ3v) is 6.48. The molecule has 8 heteroatoms. The second-order valence-corrected chi connectivity index (χ2v) is 8.16. The summed E-state index contributed by atoms with van der Waals surface area (Å²) in [5, 5.41) is 0. The molecule has 0 aliphatic carbocycles. The number of methoxy groups -OCH3 is 1. The zero-order chi connectivity index (χ0) is 21.5. The average molecular weight is 431 g/mol. The monoisotopic (exact) mass is 431 g/mol. The van der Waals surface area contributed by atoms with Crippen LogP contribution in [0.2, 0.25) is 0 Å². The zero-order valence-corrected chi connectivity index (χ0v) is 17.4. The number of fused-ring (bicyclic) bond motifs is 2. The van der Waals surface area contributed by atoms with Crippen molar-refractivity contribution >= 4 is 33.4 Å². The van der Waals surface area contributed by atoms with Crippen LogP contribution in [0.15, 0.2) is 65.7 Å². The largest absolute Gasteiger partial charge is 0.497 e. The van der Waals surface area contributed by atoms with Gasteiger partial charge < -0.3 is 4.74 Å². The number of thiophene rings is 1. The van der Waals surface area contributed by atoms with E-state index in [1.54, 1.807) is 31.4 Å². The van der Waals surface area contributed by atoms with Gasteiger partial charge in [0, 0.05) is 18.0 Å². The Hall–Kier alpha value is -3.78. The maximum atomic E-state index is 13.0. The maximum Gasteiger partial charge on any atom is 0.271 e. The van der Waals surface area contributed by atoms with Gasteiger partial charge in [0.15, 0.2) is 0 Å². The quantitative estimate of drug-likeness (QED) is 0.452. The summed E-state index contributed by atoms with van der Waals surface area (Å²) < 4.78 is 7.17. The minimum absolute atomic E-state index is 0.107. The van der Waals surface area contributed by atoms with Crippen LogP contribution in [0.4, 0.5) is 0 Å². The maximum absolute atomic E-state index is 13.0. The highest BCUT2D eigenvalue weighted by Gasteiger charge is 2.34. The highest BCUT2D eigenvalue weighted by Crippen LogP contribution is 2.31. The standard InChI is InChI=1S/C23H17N3O4S/c1-30-15-8-6-14(7-9-15)19-12-18-20(31-19)23(29)25(13-24-18)10-11-26-21(27)16-4-2-3-5-17(16)22(26)28/h2-9,12-13H,10-11H2,1H3. The molecule has 0 atom stereocenters. The number of carbonyl (C=O) groups excluding carboxylic acids is 2. The minimum atomic E-state index is -0.333. The second kappa shape index (κ2) is 7.48. The molecule has 2 aromatic carbocycles. The van der Waals surface area contributed by atoms with E-state index in [2.05, 4.69) is 4.98 Å². The molecule has 4 aromatic rings. The fourth-order valence-electron chi connectivity index (χ4n) is 3.65. The third-order valence-electron chi connectivity index (χ3n) is 5.32. The fourth-order valence-corrected chi connectivity index (χ4v) is 4.72. The smallest absolute Gasteiger partial charge is 0.271 e. The molecule has 154 valence electrons. The molecule has 5 rings (SSSR count). The first-order valence-corrected chi connectivity index (χ1v) is 10.5. The molecule has 0 saturated carbocycles. The Kier molecular flexibility index (Phi) is 4.63. The normalized spacial score (nSPS) is 13.1. The van der Waals surface area contributed by atoms with Crippen molar-refractivity contribution in [3.05, 3.63) is 82.4 Å². The van der Waals surface area contributed by atoms with E-state index in [0.717, 1.165) is 16.2 Å². The summed E-state index contributed by atoms with van der Waals surface area (Å²) in [6.45, 7) is 0.291. The summed E-state index contributed by atoms with van der Waals surface area (Å²) in [7, 11) is 1.61. The van der Waals surface area contributed by atoms with Crippen LogP contribution in [0, 0.1) is 0 Å². The van der Waals surface area contributed by atoms with Gasteiger partial charge in [-0.1, -0.05) is 12.1 Å². The van der Waals surface area contributed by atoms with E-state index in [1.165, 1.54) is 27.1 Å². The summed E-state index contributed by atoms with van der Waals surface area (Å²) in [5.41, 5.74) is 2.21.